The molecule has 0 bridgehead atoms. The fourth-order valence-corrected chi connectivity index (χ4v) is 3.73. The summed E-state index contributed by atoms with van der Waals surface area (Å²) in [7, 11) is 0. The zero-order chi connectivity index (χ0) is 20.8. The Bertz CT molecular complexity index is 810. The van der Waals surface area contributed by atoms with Crippen molar-refractivity contribution >= 4 is 23.2 Å². The second-order valence-corrected chi connectivity index (χ2v) is 7.87. The van der Waals surface area contributed by atoms with Gasteiger partial charge in [-0.15, -0.1) is 0 Å². The lowest BCUT2D eigenvalue weighted by Gasteiger charge is -2.36. The highest BCUT2D eigenvalue weighted by Crippen LogP contribution is 2.21. The zero-order valence-electron chi connectivity index (χ0n) is 17.7. The quantitative estimate of drug-likeness (QED) is 0.748. The molecule has 0 N–H and O–H groups in total. The predicted molar refractivity (Wildman–Crippen MR) is 118 cm³/mol. The third-order valence-electron chi connectivity index (χ3n) is 5.55. The number of nitrogens with zero attached hydrogens (tertiary/aromatic N) is 3. The van der Waals surface area contributed by atoms with E-state index in [2.05, 4.69) is 43.0 Å². The van der Waals surface area contributed by atoms with Crippen LogP contribution in [0.2, 0.25) is 0 Å². The van der Waals surface area contributed by atoms with E-state index in [1.807, 2.05) is 35.2 Å². The molecule has 5 heteroatoms. The first-order valence-electron chi connectivity index (χ1n) is 10.4. The second kappa shape index (κ2) is 9.59. The lowest BCUT2D eigenvalue weighted by Crippen LogP contribution is -2.49. The van der Waals surface area contributed by atoms with Gasteiger partial charge in [-0.3, -0.25) is 9.59 Å². The third-order valence-corrected chi connectivity index (χ3v) is 5.55. The predicted octanol–water partition coefficient (Wildman–Crippen LogP) is 3.90. The molecule has 1 fully saturated rings. The van der Waals surface area contributed by atoms with Crippen LogP contribution >= 0.6 is 0 Å². The van der Waals surface area contributed by atoms with Crippen molar-refractivity contribution in [3.8, 4) is 0 Å². The van der Waals surface area contributed by atoms with E-state index < -0.39 is 0 Å². The standard InChI is InChI=1S/C24H31N3O2/c1-19(2)21-9-11-23(12-10-21)27(20(3)28)14-13-24(29)26-17-15-25(16-18-26)22-7-5-4-6-8-22/h4-12,19H,13-18H2,1-3H3. The summed E-state index contributed by atoms with van der Waals surface area (Å²) in [6.45, 7) is 9.37. The number of piperazine rings is 1. The van der Waals surface area contributed by atoms with Gasteiger partial charge >= 0.3 is 0 Å². The lowest BCUT2D eigenvalue weighted by molar-refractivity contribution is -0.131. The Morgan fingerprint density at radius 2 is 1.55 bits per heavy atom. The SMILES string of the molecule is CC(=O)N(CCC(=O)N1CCN(c2ccccc2)CC1)c1ccc(C(C)C)cc1. The molecule has 0 unspecified atom stereocenters. The van der Waals surface area contributed by atoms with E-state index in [-0.39, 0.29) is 11.8 Å². The van der Waals surface area contributed by atoms with Crippen LogP contribution in [0.5, 0.6) is 0 Å². The highest BCUT2D eigenvalue weighted by Gasteiger charge is 2.22. The summed E-state index contributed by atoms with van der Waals surface area (Å²) in [5, 5.41) is 0. The molecule has 0 atom stereocenters. The number of carbonyl (C=O) groups is 2. The van der Waals surface area contributed by atoms with Crippen LogP contribution in [0.4, 0.5) is 11.4 Å². The molecule has 2 aromatic rings. The lowest BCUT2D eigenvalue weighted by atomic mass is 10.0. The van der Waals surface area contributed by atoms with Crippen molar-refractivity contribution in [3.05, 3.63) is 60.2 Å². The van der Waals surface area contributed by atoms with Gasteiger partial charge in [-0.25, -0.2) is 0 Å². The average molecular weight is 394 g/mol. The number of rotatable bonds is 6. The van der Waals surface area contributed by atoms with Crippen molar-refractivity contribution in [2.24, 2.45) is 0 Å². The first-order chi connectivity index (χ1) is 14.0. The van der Waals surface area contributed by atoms with Crippen molar-refractivity contribution in [2.75, 3.05) is 42.5 Å². The fourth-order valence-electron chi connectivity index (χ4n) is 3.73. The van der Waals surface area contributed by atoms with Crippen molar-refractivity contribution in [1.82, 2.24) is 4.90 Å². The smallest absolute Gasteiger partial charge is 0.224 e. The van der Waals surface area contributed by atoms with Gasteiger partial charge < -0.3 is 14.7 Å². The number of hydrogen-bond acceptors (Lipinski definition) is 3. The summed E-state index contributed by atoms with van der Waals surface area (Å²) >= 11 is 0. The average Bonchev–Trinajstić information content (AvgIpc) is 2.74. The van der Waals surface area contributed by atoms with Gasteiger partial charge in [0.1, 0.15) is 0 Å². The van der Waals surface area contributed by atoms with Crippen LogP contribution in [0.1, 0.15) is 38.7 Å². The van der Waals surface area contributed by atoms with Crippen molar-refractivity contribution in [3.63, 3.8) is 0 Å². The van der Waals surface area contributed by atoms with Crippen LogP contribution in [0, 0.1) is 0 Å². The topological polar surface area (TPSA) is 43.9 Å². The minimum Gasteiger partial charge on any atom is -0.368 e. The monoisotopic (exact) mass is 393 g/mol. The van der Waals surface area contributed by atoms with Crippen molar-refractivity contribution in [2.45, 2.75) is 33.1 Å². The van der Waals surface area contributed by atoms with E-state index in [0.29, 0.717) is 18.9 Å². The summed E-state index contributed by atoms with van der Waals surface area (Å²) in [4.78, 5) is 30.8. The van der Waals surface area contributed by atoms with E-state index in [0.717, 1.165) is 31.9 Å². The van der Waals surface area contributed by atoms with E-state index in [9.17, 15) is 9.59 Å². The molecule has 2 aromatic carbocycles. The highest BCUT2D eigenvalue weighted by atomic mass is 16.2. The molecular formula is C24H31N3O2. The molecular weight excluding hydrogens is 362 g/mol. The Morgan fingerprint density at radius 3 is 2.10 bits per heavy atom. The summed E-state index contributed by atoms with van der Waals surface area (Å²) < 4.78 is 0. The molecule has 0 aromatic heterocycles. The Labute approximate surface area is 173 Å². The molecule has 1 saturated heterocycles. The largest absolute Gasteiger partial charge is 0.368 e. The summed E-state index contributed by atoms with van der Waals surface area (Å²) in [6, 6.07) is 18.4. The molecule has 5 nitrogen and oxygen atoms in total. The van der Waals surface area contributed by atoms with E-state index in [1.54, 1.807) is 11.8 Å². The first kappa shape index (κ1) is 20.9. The summed E-state index contributed by atoms with van der Waals surface area (Å²) in [5.74, 6) is 0.526. The normalized spacial score (nSPS) is 14.2. The first-order valence-corrected chi connectivity index (χ1v) is 10.4. The van der Waals surface area contributed by atoms with Crippen molar-refractivity contribution in [1.29, 1.82) is 0 Å². The summed E-state index contributed by atoms with van der Waals surface area (Å²) in [5.41, 5.74) is 3.29. The molecule has 0 radical (unpaired) electrons. The number of amides is 2. The molecule has 0 saturated carbocycles. The Hall–Kier alpha value is -2.82. The maximum Gasteiger partial charge on any atom is 0.224 e. The van der Waals surface area contributed by atoms with Gasteiger partial charge in [-0.2, -0.15) is 0 Å². The van der Waals surface area contributed by atoms with Gasteiger partial charge in [0, 0.05) is 57.4 Å². The van der Waals surface area contributed by atoms with Gasteiger partial charge in [0.15, 0.2) is 0 Å². The van der Waals surface area contributed by atoms with Crippen LogP contribution in [0.15, 0.2) is 54.6 Å². The third kappa shape index (κ3) is 5.37. The molecule has 0 spiro atoms. The molecule has 2 amide bonds. The van der Waals surface area contributed by atoms with Crippen LogP contribution < -0.4 is 9.80 Å². The fraction of sp³-hybridized carbons (Fsp3) is 0.417. The van der Waals surface area contributed by atoms with Crippen LogP contribution in [0.25, 0.3) is 0 Å². The molecule has 0 aliphatic carbocycles. The number of hydrogen-bond donors (Lipinski definition) is 0. The Balaban J connectivity index is 1.54. The number of para-hydroxylation sites is 1. The molecule has 1 aliphatic heterocycles. The molecule has 1 heterocycles. The molecule has 154 valence electrons. The summed E-state index contributed by atoms with van der Waals surface area (Å²) in [6.07, 6.45) is 0.344. The van der Waals surface area contributed by atoms with Gasteiger partial charge in [-0.1, -0.05) is 44.2 Å². The Morgan fingerprint density at radius 1 is 0.931 bits per heavy atom. The van der Waals surface area contributed by atoms with Crippen LogP contribution in [0.3, 0.4) is 0 Å². The van der Waals surface area contributed by atoms with Gasteiger partial charge in [-0.05, 0) is 35.7 Å². The minimum atomic E-state index is -0.0380. The second-order valence-electron chi connectivity index (χ2n) is 7.87. The molecule has 29 heavy (non-hydrogen) atoms. The highest BCUT2D eigenvalue weighted by molar-refractivity contribution is 5.92. The maximum atomic E-state index is 12.7. The van der Waals surface area contributed by atoms with Crippen LogP contribution in [-0.4, -0.2) is 49.4 Å². The Kier molecular flexibility index (Phi) is 6.91. The minimum absolute atomic E-state index is 0.0380. The number of anilines is 2. The van der Waals surface area contributed by atoms with E-state index >= 15 is 0 Å². The van der Waals surface area contributed by atoms with Gasteiger partial charge in [0.2, 0.25) is 11.8 Å². The molecule has 3 rings (SSSR count). The van der Waals surface area contributed by atoms with Crippen LogP contribution in [-0.2, 0) is 9.59 Å². The zero-order valence-corrected chi connectivity index (χ0v) is 17.7. The number of carbonyl (C=O) groups excluding carboxylic acids is 2. The molecule has 1 aliphatic rings. The van der Waals surface area contributed by atoms with E-state index in [4.69, 9.17) is 0 Å². The van der Waals surface area contributed by atoms with Crippen molar-refractivity contribution < 1.29 is 9.59 Å². The van der Waals surface area contributed by atoms with Gasteiger partial charge in [0.25, 0.3) is 0 Å². The van der Waals surface area contributed by atoms with E-state index in [1.165, 1.54) is 11.3 Å². The number of benzene rings is 2. The van der Waals surface area contributed by atoms with Gasteiger partial charge in [0.05, 0.1) is 0 Å². The maximum absolute atomic E-state index is 12.7.